The second-order valence-electron chi connectivity index (χ2n) is 21.6. The number of aliphatic hydroxyl groups is 1. The fourth-order valence-corrected chi connectivity index (χ4v) is 8.48. The number of carbonyl (C=O) groups excluding carboxylic acids is 14. The van der Waals surface area contributed by atoms with Gasteiger partial charge in [-0.2, -0.15) is 0 Å². The summed E-state index contributed by atoms with van der Waals surface area (Å²) in [5.41, 5.74) is 26.8. The number of likely N-dealkylation sites (tertiary alicyclic amines) is 1. The standard InChI is InChI=1S/C52H90N18O17/c1-9-26(6)41(68-38(77)23-61-45(80)30(14-16-33(54)72)65-47(82)32-13-11-19-70(32)50(85)42(28(8)71)66-35(74)20-53)49(84)62-27(7)43(78)59-21-36(75)63-31(15-17-34(55)73)46(81)64-29(12-10-18-58-52(56)57)44(79)60-22-37(76)67-39(24(2)3)48(83)69-40(25(4)5)51(86)87/h24-32,39-42,71H,9-23,53H2,1-8H3,(H2,54,72)(H2,55,73)(H,59,78)(H,60,79)(H,61,80)(H,62,84)(H,63,75)(H,64,81)(H,65,82)(H,66,74)(H,67,76)(H,68,77)(H,69,83)(H,86,87)(H4,56,57,58)/t26-,27-,28+,29-,30-,31-,32-,39-,40-,41-,42-/m0/s1. The van der Waals surface area contributed by atoms with E-state index >= 15 is 0 Å². The van der Waals surface area contributed by atoms with Gasteiger partial charge in [0.15, 0.2) is 5.96 Å². The van der Waals surface area contributed by atoms with Crippen molar-refractivity contribution in [2.45, 2.75) is 174 Å². The number of rotatable bonds is 39. The number of hydrogen-bond donors (Lipinski definition) is 18. The second kappa shape index (κ2) is 38.3. The van der Waals surface area contributed by atoms with Crippen molar-refractivity contribution in [2.75, 3.05) is 39.3 Å². The molecule has 87 heavy (non-hydrogen) atoms. The Hall–Kier alpha value is -8.76. The van der Waals surface area contributed by atoms with Crippen LogP contribution in [-0.4, -0.2) is 209 Å². The van der Waals surface area contributed by atoms with Gasteiger partial charge in [0.05, 0.1) is 32.3 Å². The van der Waals surface area contributed by atoms with Crippen molar-refractivity contribution in [1.29, 1.82) is 0 Å². The lowest BCUT2D eigenvalue weighted by Crippen LogP contribution is -2.59. The lowest BCUT2D eigenvalue weighted by molar-refractivity contribution is -0.144. The third-order valence-electron chi connectivity index (χ3n) is 13.6. The summed E-state index contributed by atoms with van der Waals surface area (Å²) in [6, 6.07) is -12.2. The van der Waals surface area contributed by atoms with Gasteiger partial charge in [-0.1, -0.05) is 48.0 Å². The van der Waals surface area contributed by atoms with E-state index < -0.39 is 206 Å². The number of aliphatic hydroxyl groups excluding tert-OH is 1. The maximum absolute atomic E-state index is 13.7. The van der Waals surface area contributed by atoms with Crippen LogP contribution in [0, 0.1) is 17.8 Å². The molecule has 1 saturated heterocycles. The molecule has 1 heterocycles. The molecule has 1 aliphatic heterocycles. The van der Waals surface area contributed by atoms with E-state index in [1.54, 1.807) is 41.5 Å². The zero-order valence-corrected chi connectivity index (χ0v) is 50.4. The van der Waals surface area contributed by atoms with Crippen LogP contribution in [0.4, 0.5) is 0 Å². The van der Waals surface area contributed by atoms with Crippen LogP contribution in [0.2, 0.25) is 0 Å². The maximum atomic E-state index is 13.7. The molecule has 0 aromatic heterocycles. The van der Waals surface area contributed by atoms with Gasteiger partial charge in [-0.15, -0.1) is 0 Å². The Labute approximate surface area is 503 Å². The SMILES string of the molecule is CC[C@H](C)[C@H](NC(=O)CNC(=O)[C@H](CCC(N)=O)NC(=O)[C@@H]1CCCN1C(=O)[C@@H](NC(=O)CN)[C@@H](C)O)C(=O)N[C@@H](C)C(=O)NCC(=O)N[C@@H](CCC(N)=O)C(=O)N[C@@H](CCCN=C(N)N)C(=O)NCC(=O)N[C@H](C(=O)N[C@H](C(=O)O)C(C)C)C(C)C. The molecule has 35 nitrogen and oxygen atoms in total. The summed E-state index contributed by atoms with van der Waals surface area (Å²) >= 11 is 0. The number of nitrogens with zero attached hydrogens (tertiary/aromatic N) is 2. The highest BCUT2D eigenvalue weighted by atomic mass is 16.4. The Morgan fingerprint density at radius 1 is 0.540 bits per heavy atom. The number of nitrogens with two attached hydrogens (primary N) is 5. The molecule has 0 bridgehead atoms. The number of nitrogens with one attached hydrogen (secondary N) is 11. The third-order valence-corrected chi connectivity index (χ3v) is 13.6. The molecule has 14 amide bonds. The lowest BCUT2D eigenvalue weighted by Gasteiger charge is -2.30. The molecular formula is C52H90N18O17. The normalized spacial score (nSPS) is 16.2. The number of primary amides is 2. The van der Waals surface area contributed by atoms with Crippen LogP contribution in [0.1, 0.15) is 113 Å². The molecular weight excluding hydrogens is 1150 g/mol. The van der Waals surface area contributed by atoms with Gasteiger partial charge >= 0.3 is 5.97 Å². The molecule has 1 fully saturated rings. The van der Waals surface area contributed by atoms with Crippen molar-refractivity contribution in [3.8, 4) is 0 Å². The van der Waals surface area contributed by atoms with Crippen LogP contribution in [0.3, 0.4) is 0 Å². The fraction of sp³-hybridized carbons (Fsp3) is 0.692. The van der Waals surface area contributed by atoms with Crippen LogP contribution < -0.4 is 87.2 Å². The fourth-order valence-electron chi connectivity index (χ4n) is 8.48. The van der Waals surface area contributed by atoms with Crippen LogP contribution in [0.5, 0.6) is 0 Å². The minimum Gasteiger partial charge on any atom is -0.480 e. The first-order chi connectivity index (χ1) is 40.6. The predicted molar refractivity (Wildman–Crippen MR) is 309 cm³/mol. The molecule has 0 radical (unpaired) electrons. The quantitative estimate of drug-likeness (QED) is 0.0154. The van der Waals surface area contributed by atoms with E-state index in [1.165, 1.54) is 13.8 Å². The van der Waals surface area contributed by atoms with Gasteiger partial charge < -0.3 is 102 Å². The number of carboxylic acid groups (broad SMARTS) is 1. The summed E-state index contributed by atoms with van der Waals surface area (Å²) in [5.74, 6) is -15.4. The van der Waals surface area contributed by atoms with Gasteiger partial charge in [0.25, 0.3) is 0 Å². The minimum atomic E-state index is -1.56. The molecule has 1 aliphatic rings. The Balaban J connectivity index is 3.10. The number of aliphatic imine (C=N–C) groups is 1. The summed E-state index contributed by atoms with van der Waals surface area (Å²) in [6.07, 6.45) is -2.20. The molecule has 0 aromatic rings. The van der Waals surface area contributed by atoms with Gasteiger partial charge in [-0.05, 0) is 70.1 Å². The Morgan fingerprint density at radius 3 is 1.48 bits per heavy atom. The molecule has 0 spiro atoms. The van der Waals surface area contributed by atoms with Gasteiger partial charge in [0.1, 0.15) is 54.4 Å². The minimum absolute atomic E-state index is 0.00908. The monoisotopic (exact) mass is 1240 g/mol. The van der Waals surface area contributed by atoms with Crippen LogP contribution in [0.15, 0.2) is 4.99 Å². The third kappa shape index (κ3) is 27.9. The van der Waals surface area contributed by atoms with Crippen molar-refractivity contribution in [3.63, 3.8) is 0 Å². The zero-order valence-electron chi connectivity index (χ0n) is 50.4. The number of guanidine groups is 1. The molecule has 23 N–H and O–H groups in total. The van der Waals surface area contributed by atoms with Gasteiger partial charge in [0, 0.05) is 25.9 Å². The van der Waals surface area contributed by atoms with E-state index in [-0.39, 0.29) is 51.2 Å². The number of aliphatic carboxylic acids is 1. The lowest BCUT2D eigenvalue weighted by atomic mass is 9.98. The zero-order chi connectivity index (χ0) is 66.4. The highest BCUT2D eigenvalue weighted by Crippen LogP contribution is 2.20. The highest BCUT2D eigenvalue weighted by molar-refractivity contribution is 5.99. The van der Waals surface area contributed by atoms with E-state index in [9.17, 15) is 82.1 Å². The van der Waals surface area contributed by atoms with Crippen molar-refractivity contribution >= 4 is 94.6 Å². The Bertz CT molecular complexity index is 2490. The number of hydrogen-bond acceptors (Lipinski definition) is 18. The number of carboxylic acids is 1. The Kier molecular flexibility index (Phi) is 33.6. The van der Waals surface area contributed by atoms with E-state index in [1.807, 2.05) is 0 Å². The molecule has 0 aliphatic carbocycles. The van der Waals surface area contributed by atoms with Crippen molar-refractivity contribution in [1.82, 2.24) is 63.4 Å². The smallest absolute Gasteiger partial charge is 0.326 e. The summed E-state index contributed by atoms with van der Waals surface area (Å²) in [5, 5.41) is 46.1. The topological polar surface area (TPSA) is 575 Å². The van der Waals surface area contributed by atoms with E-state index in [0.29, 0.717) is 12.8 Å². The van der Waals surface area contributed by atoms with E-state index in [4.69, 9.17) is 28.7 Å². The summed E-state index contributed by atoms with van der Waals surface area (Å²) < 4.78 is 0. The predicted octanol–water partition coefficient (Wildman–Crippen LogP) is -8.41. The molecule has 0 aromatic carbocycles. The first kappa shape index (κ1) is 76.3. The highest BCUT2D eigenvalue weighted by Gasteiger charge is 2.41. The average molecular weight is 1240 g/mol. The van der Waals surface area contributed by atoms with Gasteiger partial charge in [-0.3, -0.25) is 72.1 Å². The van der Waals surface area contributed by atoms with Crippen molar-refractivity contribution < 1.29 is 82.1 Å². The van der Waals surface area contributed by atoms with Crippen molar-refractivity contribution in [2.24, 2.45) is 51.4 Å². The second-order valence-corrected chi connectivity index (χ2v) is 21.6. The molecule has 1 rings (SSSR count). The number of carbonyl (C=O) groups is 15. The Morgan fingerprint density at radius 2 is 1.01 bits per heavy atom. The van der Waals surface area contributed by atoms with Crippen LogP contribution in [0.25, 0.3) is 0 Å². The van der Waals surface area contributed by atoms with E-state index in [2.05, 4.69) is 63.5 Å². The van der Waals surface area contributed by atoms with Gasteiger partial charge in [-0.25, -0.2) is 4.79 Å². The first-order valence-corrected chi connectivity index (χ1v) is 28.4. The molecule has 11 atom stereocenters. The summed E-state index contributed by atoms with van der Waals surface area (Å²) in [4.78, 5) is 199. The maximum Gasteiger partial charge on any atom is 0.326 e. The van der Waals surface area contributed by atoms with Crippen LogP contribution >= 0.6 is 0 Å². The molecule has 0 unspecified atom stereocenters. The first-order valence-electron chi connectivity index (χ1n) is 28.4. The average Bonchev–Trinajstić information content (AvgIpc) is 2.38. The summed E-state index contributed by atoms with van der Waals surface area (Å²) in [7, 11) is 0. The number of amides is 14. The van der Waals surface area contributed by atoms with Crippen molar-refractivity contribution in [3.05, 3.63) is 0 Å². The van der Waals surface area contributed by atoms with Gasteiger partial charge in [0.2, 0.25) is 82.7 Å². The molecule has 490 valence electrons. The summed E-state index contributed by atoms with van der Waals surface area (Å²) in [6.45, 7) is 9.46. The largest absolute Gasteiger partial charge is 0.480 e. The van der Waals surface area contributed by atoms with E-state index in [0.717, 1.165) is 4.90 Å². The molecule has 35 heteroatoms. The van der Waals surface area contributed by atoms with Crippen LogP contribution in [-0.2, 0) is 71.9 Å². The molecule has 0 saturated carbocycles.